The lowest BCUT2D eigenvalue weighted by molar-refractivity contribution is -0.143. The monoisotopic (exact) mass is 533 g/mol. The molecule has 0 aliphatic rings. The molecule has 0 bridgehead atoms. The molecule has 0 saturated carbocycles. The molecule has 0 heterocycles. The van der Waals surface area contributed by atoms with Crippen LogP contribution in [-0.2, 0) is 9.53 Å². The third kappa shape index (κ3) is 31.2. The Balaban J connectivity index is 3.24. The minimum absolute atomic E-state index is 0.00978. The molecule has 0 N–H and O–H groups in total. The highest BCUT2D eigenvalue weighted by Gasteiger charge is 2.02. The first-order chi connectivity index (χ1) is 18.7. The minimum atomic E-state index is 0.00978. The van der Waals surface area contributed by atoms with Gasteiger partial charge in [-0.1, -0.05) is 161 Å². The van der Waals surface area contributed by atoms with Gasteiger partial charge in [0.2, 0.25) is 0 Å². The molecule has 0 radical (unpaired) electrons. The quantitative estimate of drug-likeness (QED) is 0.0522. The van der Waals surface area contributed by atoms with Gasteiger partial charge in [0.15, 0.2) is 0 Å². The van der Waals surface area contributed by atoms with Crippen LogP contribution in [0.3, 0.4) is 0 Å². The van der Waals surface area contributed by atoms with Crippen LogP contribution in [0.25, 0.3) is 0 Å². The van der Waals surface area contributed by atoms with Crippen LogP contribution in [0.1, 0.15) is 188 Å². The standard InChI is InChI=1S/C36H68O2/c1-4-6-7-8-9-10-11-12-13-14-18-21-24-27-30-33-36(37)38-34-31-28-25-22-19-16-15-17-20-23-26-29-32-35(3)5-2/h9-10,12-13,35H,4-8,11,14-34H2,1-3H3/b10-9-,13-12-. The third-order valence-corrected chi connectivity index (χ3v) is 7.88. The summed E-state index contributed by atoms with van der Waals surface area (Å²) < 4.78 is 5.43. The van der Waals surface area contributed by atoms with E-state index >= 15 is 0 Å². The predicted octanol–water partition coefficient (Wildman–Crippen LogP) is 12.5. The van der Waals surface area contributed by atoms with Crippen LogP contribution >= 0.6 is 0 Å². The number of esters is 1. The number of carbonyl (C=O) groups excluding carboxylic acids is 1. The molecule has 38 heavy (non-hydrogen) atoms. The lowest BCUT2D eigenvalue weighted by Crippen LogP contribution is -2.05. The van der Waals surface area contributed by atoms with E-state index in [2.05, 4.69) is 45.1 Å². The first kappa shape index (κ1) is 37.0. The fourth-order valence-electron chi connectivity index (χ4n) is 4.91. The van der Waals surface area contributed by atoms with Crippen LogP contribution in [0.2, 0.25) is 0 Å². The number of rotatable bonds is 30. The highest BCUT2D eigenvalue weighted by atomic mass is 16.5. The summed E-state index contributed by atoms with van der Waals surface area (Å²) >= 11 is 0. The first-order valence-electron chi connectivity index (χ1n) is 17.2. The van der Waals surface area contributed by atoms with E-state index in [-0.39, 0.29) is 5.97 Å². The van der Waals surface area contributed by atoms with Crippen molar-refractivity contribution in [2.24, 2.45) is 5.92 Å². The molecule has 0 fully saturated rings. The van der Waals surface area contributed by atoms with Gasteiger partial charge in [0.25, 0.3) is 0 Å². The Morgan fingerprint density at radius 2 is 1.05 bits per heavy atom. The average molecular weight is 533 g/mol. The SMILES string of the molecule is CCCCC/C=C\C/C=C\CCCCCCCC(=O)OCCCCCCCCCCCCCCC(C)CC. The van der Waals surface area contributed by atoms with E-state index in [1.807, 2.05) is 0 Å². The maximum absolute atomic E-state index is 11.9. The molecule has 0 aromatic carbocycles. The smallest absolute Gasteiger partial charge is 0.305 e. The third-order valence-electron chi connectivity index (χ3n) is 7.88. The van der Waals surface area contributed by atoms with Crippen LogP contribution in [-0.4, -0.2) is 12.6 Å². The molecular formula is C36H68O2. The van der Waals surface area contributed by atoms with Crippen LogP contribution < -0.4 is 0 Å². The van der Waals surface area contributed by atoms with Crippen molar-refractivity contribution in [3.05, 3.63) is 24.3 Å². The van der Waals surface area contributed by atoms with Crippen LogP contribution in [0.15, 0.2) is 24.3 Å². The van der Waals surface area contributed by atoms with Crippen LogP contribution in [0.5, 0.6) is 0 Å². The molecule has 1 unspecified atom stereocenters. The van der Waals surface area contributed by atoms with Gasteiger partial charge in [-0.05, 0) is 50.9 Å². The van der Waals surface area contributed by atoms with Gasteiger partial charge in [-0.2, -0.15) is 0 Å². The Kier molecular flexibility index (Phi) is 31.3. The first-order valence-corrected chi connectivity index (χ1v) is 17.2. The maximum atomic E-state index is 11.9. The Labute approximate surface area is 239 Å². The molecule has 0 aromatic rings. The molecule has 224 valence electrons. The molecule has 0 spiro atoms. The number of unbranched alkanes of at least 4 members (excludes halogenated alkanes) is 19. The van der Waals surface area contributed by atoms with E-state index in [9.17, 15) is 4.79 Å². The highest BCUT2D eigenvalue weighted by Crippen LogP contribution is 2.16. The largest absolute Gasteiger partial charge is 0.466 e. The van der Waals surface area contributed by atoms with Gasteiger partial charge in [0.1, 0.15) is 0 Å². The van der Waals surface area contributed by atoms with Crippen molar-refractivity contribution in [2.45, 2.75) is 188 Å². The Hall–Kier alpha value is -1.05. The molecule has 2 heteroatoms. The topological polar surface area (TPSA) is 26.3 Å². The van der Waals surface area contributed by atoms with Gasteiger partial charge < -0.3 is 4.74 Å². The van der Waals surface area contributed by atoms with Crippen molar-refractivity contribution in [3.8, 4) is 0 Å². The van der Waals surface area contributed by atoms with E-state index in [4.69, 9.17) is 4.74 Å². The second-order valence-electron chi connectivity index (χ2n) is 11.7. The van der Waals surface area contributed by atoms with Crippen molar-refractivity contribution in [1.29, 1.82) is 0 Å². The average Bonchev–Trinajstić information content (AvgIpc) is 2.92. The van der Waals surface area contributed by atoms with Gasteiger partial charge in [0, 0.05) is 6.42 Å². The summed E-state index contributed by atoms with van der Waals surface area (Å²) in [6, 6.07) is 0. The van der Waals surface area contributed by atoms with Gasteiger partial charge in [-0.25, -0.2) is 0 Å². The predicted molar refractivity (Wildman–Crippen MR) is 170 cm³/mol. The van der Waals surface area contributed by atoms with E-state index in [0.29, 0.717) is 13.0 Å². The lowest BCUT2D eigenvalue weighted by Gasteiger charge is -2.07. The van der Waals surface area contributed by atoms with E-state index < -0.39 is 0 Å². The Morgan fingerprint density at radius 1 is 0.579 bits per heavy atom. The molecule has 0 aromatic heterocycles. The summed E-state index contributed by atoms with van der Waals surface area (Å²) in [6.07, 6.45) is 42.2. The number of carbonyl (C=O) groups is 1. The summed E-state index contributed by atoms with van der Waals surface area (Å²) in [5.41, 5.74) is 0. The Morgan fingerprint density at radius 3 is 1.61 bits per heavy atom. The normalized spacial score (nSPS) is 12.6. The van der Waals surface area contributed by atoms with Crippen molar-refractivity contribution in [1.82, 2.24) is 0 Å². The molecule has 2 nitrogen and oxygen atoms in total. The van der Waals surface area contributed by atoms with Crippen molar-refractivity contribution in [2.75, 3.05) is 6.61 Å². The summed E-state index contributed by atoms with van der Waals surface area (Å²) in [5.74, 6) is 0.929. The summed E-state index contributed by atoms with van der Waals surface area (Å²) in [6.45, 7) is 7.56. The number of allylic oxidation sites excluding steroid dienone is 4. The second-order valence-corrected chi connectivity index (χ2v) is 11.7. The minimum Gasteiger partial charge on any atom is -0.466 e. The number of hydrogen-bond donors (Lipinski definition) is 0. The lowest BCUT2D eigenvalue weighted by atomic mass is 9.99. The van der Waals surface area contributed by atoms with E-state index in [0.717, 1.165) is 31.6 Å². The number of ether oxygens (including phenoxy) is 1. The van der Waals surface area contributed by atoms with Gasteiger partial charge >= 0.3 is 5.97 Å². The van der Waals surface area contributed by atoms with Crippen molar-refractivity contribution < 1.29 is 9.53 Å². The zero-order valence-electron chi connectivity index (χ0n) is 26.3. The number of hydrogen-bond acceptors (Lipinski definition) is 2. The van der Waals surface area contributed by atoms with E-state index in [1.165, 1.54) is 135 Å². The van der Waals surface area contributed by atoms with Gasteiger partial charge in [0.05, 0.1) is 6.61 Å². The zero-order chi connectivity index (χ0) is 27.8. The molecule has 0 rings (SSSR count). The summed E-state index contributed by atoms with van der Waals surface area (Å²) in [7, 11) is 0. The fourth-order valence-corrected chi connectivity index (χ4v) is 4.91. The molecule has 0 aliphatic carbocycles. The molecule has 0 saturated heterocycles. The maximum Gasteiger partial charge on any atom is 0.305 e. The highest BCUT2D eigenvalue weighted by molar-refractivity contribution is 5.69. The van der Waals surface area contributed by atoms with Crippen molar-refractivity contribution in [3.63, 3.8) is 0 Å². The molecule has 0 amide bonds. The second kappa shape index (κ2) is 32.2. The Bertz CT molecular complexity index is 521. The van der Waals surface area contributed by atoms with E-state index in [1.54, 1.807) is 0 Å². The summed E-state index contributed by atoms with van der Waals surface area (Å²) in [5, 5.41) is 0. The molecule has 0 aliphatic heterocycles. The summed E-state index contributed by atoms with van der Waals surface area (Å²) in [4.78, 5) is 11.9. The molecule has 1 atom stereocenters. The van der Waals surface area contributed by atoms with Gasteiger partial charge in [-0.15, -0.1) is 0 Å². The van der Waals surface area contributed by atoms with Gasteiger partial charge in [-0.3, -0.25) is 4.79 Å². The van der Waals surface area contributed by atoms with Crippen molar-refractivity contribution >= 4 is 5.97 Å². The molecular weight excluding hydrogens is 464 g/mol. The zero-order valence-corrected chi connectivity index (χ0v) is 26.3. The van der Waals surface area contributed by atoms with Crippen LogP contribution in [0, 0.1) is 5.92 Å². The fraction of sp³-hybridized carbons (Fsp3) is 0.861. The van der Waals surface area contributed by atoms with Crippen LogP contribution in [0.4, 0.5) is 0 Å².